The molecular formula is C13H20N4O2. The highest BCUT2D eigenvalue weighted by Gasteiger charge is 2.22. The minimum absolute atomic E-state index is 0.0784. The molecule has 0 spiro atoms. The fourth-order valence-electron chi connectivity index (χ4n) is 1.93. The summed E-state index contributed by atoms with van der Waals surface area (Å²) >= 11 is 0. The van der Waals surface area contributed by atoms with E-state index in [1.807, 2.05) is 13.8 Å². The van der Waals surface area contributed by atoms with Gasteiger partial charge in [-0.25, -0.2) is 9.97 Å². The fourth-order valence-corrected chi connectivity index (χ4v) is 1.93. The molecule has 1 unspecified atom stereocenters. The van der Waals surface area contributed by atoms with Crippen LogP contribution in [0.2, 0.25) is 0 Å². The normalized spacial score (nSPS) is 18.6. The lowest BCUT2D eigenvalue weighted by atomic mass is 10.2. The Balaban J connectivity index is 2.20. The van der Waals surface area contributed by atoms with Gasteiger partial charge in [0.25, 0.3) is 5.91 Å². The molecule has 1 fully saturated rings. The minimum Gasteiger partial charge on any atom is -0.385 e. The van der Waals surface area contributed by atoms with E-state index in [0.29, 0.717) is 30.4 Å². The summed E-state index contributed by atoms with van der Waals surface area (Å²) in [5.74, 6) is 0.684. The Morgan fingerprint density at radius 1 is 1.53 bits per heavy atom. The number of rotatable bonds is 4. The average Bonchev–Trinajstić information content (AvgIpc) is 2.90. The molecule has 2 heterocycles. The summed E-state index contributed by atoms with van der Waals surface area (Å²) in [6.07, 6.45) is 2.51. The van der Waals surface area contributed by atoms with Crippen molar-refractivity contribution in [3.05, 3.63) is 17.7 Å². The number of hydrogen-bond acceptors (Lipinski definition) is 5. The molecule has 6 heteroatoms. The molecule has 1 saturated heterocycles. The van der Waals surface area contributed by atoms with E-state index in [4.69, 9.17) is 4.74 Å². The molecular weight excluding hydrogens is 244 g/mol. The SMILES string of the molecule is CNc1cnc(C(C)C)nc1C(=O)NC1CCOC1. The molecule has 2 rings (SSSR count). The Hall–Kier alpha value is -1.69. The van der Waals surface area contributed by atoms with E-state index in [2.05, 4.69) is 20.6 Å². The second-order valence-corrected chi connectivity index (χ2v) is 4.93. The summed E-state index contributed by atoms with van der Waals surface area (Å²) in [7, 11) is 1.75. The minimum atomic E-state index is -0.177. The van der Waals surface area contributed by atoms with Gasteiger partial charge in [0.05, 0.1) is 24.5 Å². The number of ether oxygens (including phenoxy) is 1. The summed E-state index contributed by atoms with van der Waals surface area (Å²) in [6, 6.07) is 0.0784. The van der Waals surface area contributed by atoms with Crippen LogP contribution >= 0.6 is 0 Å². The maximum atomic E-state index is 12.3. The molecule has 1 amide bonds. The van der Waals surface area contributed by atoms with Crippen molar-refractivity contribution in [3.63, 3.8) is 0 Å². The van der Waals surface area contributed by atoms with E-state index >= 15 is 0 Å². The van der Waals surface area contributed by atoms with Crippen LogP contribution in [0.4, 0.5) is 5.69 Å². The summed E-state index contributed by atoms with van der Waals surface area (Å²) in [4.78, 5) is 20.9. The van der Waals surface area contributed by atoms with Crippen molar-refractivity contribution in [1.29, 1.82) is 0 Å². The van der Waals surface area contributed by atoms with Crippen LogP contribution in [0.15, 0.2) is 6.20 Å². The highest BCUT2D eigenvalue weighted by Crippen LogP contribution is 2.16. The Kier molecular flexibility index (Phi) is 4.31. The number of aromatic nitrogens is 2. The van der Waals surface area contributed by atoms with Gasteiger partial charge >= 0.3 is 0 Å². The van der Waals surface area contributed by atoms with Gasteiger partial charge in [-0.1, -0.05) is 13.8 Å². The number of hydrogen-bond donors (Lipinski definition) is 2. The number of nitrogens with one attached hydrogen (secondary N) is 2. The monoisotopic (exact) mass is 264 g/mol. The predicted octanol–water partition coefficient (Wildman–Crippen LogP) is 1.16. The van der Waals surface area contributed by atoms with Gasteiger partial charge < -0.3 is 15.4 Å². The van der Waals surface area contributed by atoms with Gasteiger partial charge in [-0.3, -0.25) is 4.79 Å². The van der Waals surface area contributed by atoms with Crippen molar-refractivity contribution in [1.82, 2.24) is 15.3 Å². The Bertz CT molecular complexity index is 456. The topological polar surface area (TPSA) is 76.1 Å². The zero-order chi connectivity index (χ0) is 13.8. The first-order valence-electron chi connectivity index (χ1n) is 6.55. The summed E-state index contributed by atoms with van der Waals surface area (Å²) in [5, 5.41) is 5.89. The molecule has 19 heavy (non-hydrogen) atoms. The molecule has 2 N–H and O–H groups in total. The van der Waals surface area contributed by atoms with Gasteiger partial charge in [0.2, 0.25) is 0 Å². The van der Waals surface area contributed by atoms with E-state index in [1.165, 1.54) is 0 Å². The number of amides is 1. The summed E-state index contributed by atoms with van der Waals surface area (Å²) in [5.41, 5.74) is 1.04. The smallest absolute Gasteiger partial charge is 0.272 e. The van der Waals surface area contributed by atoms with E-state index in [1.54, 1.807) is 13.2 Å². The van der Waals surface area contributed by atoms with Gasteiger partial charge in [-0.15, -0.1) is 0 Å². The molecule has 1 aromatic heterocycles. The molecule has 0 saturated carbocycles. The van der Waals surface area contributed by atoms with Crippen LogP contribution in [0, 0.1) is 0 Å². The maximum Gasteiger partial charge on any atom is 0.272 e. The van der Waals surface area contributed by atoms with Crippen molar-refractivity contribution >= 4 is 11.6 Å². The second kappa shape index (κ2) is 5.97. The summed E-state index contributed by atoms with van der Waals surface area (Å²) in [6.45, 7) is 5.27. The number of carbonyl (C=O) groups excluding carboxylic acids is 1. The molecule has 0 bridgehead atoms. The van der Waals surface area contributed by atoms with Gasteiger partial charge in [0.15, 0.2) is 5.69 Å². The Labute approximate surface area is 113 Å². The van der Waals surface area contributed by atoms with Crippen molar-refractivity contribution in [2.24, 2.45) is 0 Å². The Morgan fingerprint density at radius 3 is 2.89 bits per heavy atom. The molecule has 1 aliphatic rings. The lowest BCUT2D eigenvalue weighted by molar-refractivity contribution is 0.0925. The lowest BCUT2D eigenvalue weighted by Gasteiger charge is -2.14. The molecule has 104 valence electrons. The lowest BCUT2D eigenvalue weighted by Crippen LogP contribution is -2.36. The van der Waals surface area contributed by atoms with Crippen LogP contribution in [-0.4, -0.2) is 42.2 Å². The second-order valence-electron chi connectivity index (χ2n) is 4.93. The van der Waals surface area contributed by atoms with Crippen molar-refractivity contribution < 1.29 is 9.53 Å². The van der Waals surface area contributed by atoms with Crippen LogP contribution in [-0.2, 0) is 4.74 Å². The third-order valence-corrected chi connectivity index (χ3v) is 3.07. The first-order valence-corrected chi connectivity index (χ1v) is 6.55. The zero-order valence-corrected chi connectivity index (χ0v) is 11.6. The third-order valence-electron chi connectivity index (χ3n) is 3.07. The zero-order valence-electron chi connectivity index (χ0n) is 11.6. The fraction of sp³-hybridized carbons (Fsp3) is 0.615. The van der Waals surface area contributed by atoms with Gasteiger partial charge in [-0.05, 0) is 6.42 Å². The van der Waals surface area contributed by atoms with E-state index in [-0.39, 0.29) is 17.9 Å². The maximum absolute atomic E-state index is 12.3. The van der Waals surface area contributed by atoms with Gasteiger partial charge in [-0.2, -0.15) is 0 Å². The van der Waals surface area contributed by atoms with Crippen LogP contribution in [0.25, 0.3) is 0 Å². The molecule has 1 atom stereocenters. The first kappa shape index (κ1) is 13.7. The van der Waals surface area contributed by atoms with Gasteiger partial charge in [0, 0.05) is 19.6 Å². The molecule has 6 nitrogen and oxygen atoms in total. The van der Waals surface area contributed by atoms with Crippen molar-refractivity contribution in [2.75, 3.05) is 25.6 Å². The van der Waals surface area contributed by atoms with E-state index in [0.717, 1.165) is 6.42 Å². The molecule has 1 aromatic rings. The molecule has 0 aromatic carbocycles. The number of anilines is 1. The quantitative estimate of drug-likeness (QED) is 0.853. The van der Waals surface area contributed by atoms with Gasteiger partial charge in [0.1, 0.15) is 5.82 Å². The van der Waals surface area contributed by atoms with Crippen LogP contribution in [0.3, 0.4) is 0 Å². The van der Waals surface area contributed by atoms with E-state index < -0.39 is 0 Å². The van der Waals surface area contributed by atoms with Crippen molar-refractivity contribution in [3.8, 4) is 0 Å². The molecule has 1 aliphatic heterocycles. The third kappa shape index (κ3) is 3.20. The first-order chi connectivity index (χ1) is 9.11. The van der Waals surface area contributed by atoms with Crippen molar-refractivity contribution in [2.45, 2.75) is 32.2 Å². The predicted molar refractivity (Wildman–Crippen MR) is 72.4 cm³/mol. The largest absolute Gasteiger partial charge is 0.385 e. The van der Waals surface area contributed by atoms with Crippen LogP contribution < -0.4 is 10.6 Å². The molecule has 0 aliphatic carbocycles. The number of carbonyl (C=O) groups is 1. The van der Waals surface area contributed by atoms with Crippen LogP contribution in [0.5, 0.6) is 0 Å². The highest BCUT2D eigenvalue weighted by atomic mass is 16.5. The number of nitrogens with zero attached hydrogens (tertiary/aromatic N) is 2. The highest BCUT2D eigenvalue weighted by molar-refractivity contribution is 5.97. The Morgan fingerprint density at radius 2 is 2.32 bits per heavy atom. The van der Waals surface area contributed by atoms with E-state index in [9.17, 15) is 4.79 Å². The summed E-state index contributed by atoms with van der Waals surface area (Å²) < 4.78 is 5.25. The standard InChI is InChI=1S/C13H20N4O2/c1-8(2)12-15-6-10(14-3)11(17-12)13(18)16-9-4-5-19-7-9/h6,8-9,14H,4-5,7H2,1-3H3,(H,16,18). The van der Waals surface area contributed by atoms with Crippen LogP contribution in [0.1, 0.15) is 42.5 Å². The molecule has 0 radical (unpaired) electrons. The average molecular weight is 264 g/mol.